The molecule has 6 nitrogen and oxygen atoms in total. The Labute approximate surface area is 438 Å². The number of ether oxygens (including phenoxy) is 1. The number of aliphatic hydroxyl groups excluding tert-OH is 2. The first-order chi connectivity index (χ1) is 34.5. The zero-order valence-electron chi connectivity index (χ0n) is 47.5. The summed E-state index contributed by atoms with van der Waals surface area (Å²) in [4.78, 5) is 24.6. The minimum atomic E-state index is -0.675. The molecule has 6 heteroatoms. The highest BCUT2D eigenvalue weighted by molar-refractivity contribution is 5.76. The number of esters is 1. The van der Waals surface area contributed by atoms with Crippen LogP contribution in [0, 0.1) is 0 Å². The molecule has 0 saturated heterocycles. The molecular formula is C64H125NO5. The van der Waals surface area contributed by atoms with Crippen molar-refractivity contribution in [1.29, 1.82) is 0 Å². The topological polar surface area (TPSA) is 95.9 Å². The molecule has 0 aromatic rings. The first kappa shape index (κ1) is 68.6. The van der Waals surface area contributed by atoms with Crippen molar-refractivity contribution in [2.24, 2.45) is 0 Å². The Balaban J connectivity index is 3.45. The van der Waals surface area contributed by atoms with E-state index in [4.69, 9.17) is 4.74 Å². The molecule has 0 aromatic carbocycles. The summed E-state index contributed by atoms with van der Waals surface area (Å²) in [5.41, 5.74) is 0. The summed E-state index contributed by atoms with van der Waals surface area (Å²) in [6.07, 6.45) is 72.2. The lowest BCUT2D eigenvalue weighted by Crippen LogP contribution is -2.45. The minimum absolute atomic E-state index is 0.00591. The summed E-state index contributed by atoms with van der Waals surface area (Å²) in [5.74, 6) is -0.0516. The molecule has 2 atom stereocenters. The highest BCUT2D eigenvalue weighted by Gasteiger charge is 2.20. The van der Waals surface area contributed by atoms with E-state index < -0.39 is 12.1 Å². The molecule has 2 unspecified atom stereocenters. The van der Waals surface area contributed by atoms with Crippen molar-refractivity contribution in [2.45, 2.75) is 373 Å². The van der Waals surface area contributed by atoms with Gasteiger partial charge in [-0.1, -0.05) is 309 Å². The molecular weight excluding hydrogens is 863 g/mol. The maximum atomic E-state index is 12.5. The van der Waals surface area contributed by atoms with E-state index in [2.05, 4.69) is 31.3 Å². The first-order valence-electron chi connectivity index (χ1n) is 31.9. The first-order valence-corrected chi connectivity index (χ1v) is 31.9. The molecule has 0 aliphatic heterocycles. The summed E-state index contributed by atoms with van der Waals surface area (Å²) in [6, 6.07) is -0.553. The molecule has 0 rings (SSSR count). The highest BCUT2D eigenvalue weighted by Crippen LogP contribution is 2.18. The van der Waals surface area contributed by atoms with Gasteiger partial charge >= 0.3 is 5.97 Å². The van der Waals surface area contributed by atoms with Crippen molar-refractivity contribution in [1.82, 2.24) is 5.32 Å². The third kappa shape index (κ3) is 55.9. The van der Waals surface area contributed by atoms with Gasteiger partial charge in [-0.25, -0.2) is 0 Å². The van der Waals surface area contributed by atoms with E-state index in [1.54, 1.807) is 0 Å². The van der Waals surface area contributed by atoms with E-state index >= 15 is 0 Å². The molecule has 0 aliphatic carbocycles. The average molecular weight is 989 g/mol. The predicted octanol–water partition coefficient (Wildman–Crippen LogP) is 20.0. The van der Waals surface area contributed by atoms with Crippen molar-refractivity contribution in [3.8, 4) is 0 Å². The van der Waals surface area contributed by atoms with E-state index in [9.17, 15) is 19.8 Å². The van der Waals surface area contributed by atoms with Crippen LogP contribution in [0.25, 0.3) is 0 Å². The molecule has 0 saturated carbocycles. The van der Waals surface area contributed by atoms with E-state index in [0.717, 1.165) is 70.6 Å². The Morgan fingerprint density at radius 2 is 0.671 bits per heavy atom. The van der Waals surface area contributed by atoms with Gasteiger partial charge in [0.05, 0.1) is 25.4 Å². The highest BCUT2D eigenvalue weighted by atomic mass is 16.5. The van der Waals surface area contributed by atoms with Crippen LogP contribution in [-0.2, 0) is 14.3 Å². The van der Waals surface area contributed by atoms with Crippen molar-refractivity contribution in [2.75, 3.05) is 13.2 Å². The van der Waals surface area contributed by atoms with Gasteiger partial charge in [0.25, 0.3) is 0 Å². The van der Waals surface area contributed by atoms with E-state index in [1.807, 2.05) is 0 Å². The summed E-state index contributed by atoms with van der Waals surface area (Å²) in [5, 5.41) is 23.4. The lowest BCUT2D eigenvalue weighted by molar-refractivity contribution is -0.143. The summed E-state index contributed by atoms with van der Waals surface area (Å²) < 4.78 is 5.47. The molecule has 0 spiro atoms. The van der Waals surface area contributed by atoms with Crippen LogP contribution in [-0.4, -0.2) is 47.4 Å². The Bertz CT molecular complexity index is 1050. The van der Waals surface area contributed by atoms with Crippen LogP contribution >= 0.6 is 0 Å². The van der Waals surface area contributed by atoms with Crippen molar-refractivity contribution < 1.29 is 24.5 Å². The Kier molecular flexibility index (Phi) is 59.0. The van der Waals surface area contributed by atoms with Crippen molar-refractivity contribution >= 4 is 11.9 Å². The van der Waals surface area contributed by atoms with E-state index in [0.29, 0.717) is 25.9 Å². The van der Waals surface area contributed by atoms with E-state index in [-0.39, 0.29) is 18.5 Å². The molecule has 416 valence electrons. The predicted molar refractivity (Wildman–Crippen MR) is 306 cm³/mol. The van der Waals surface area contributed by atoms with Gasteiger partial charge < -0.3 is 20.3 Å². The quantitative estimate of drug-likeness (QED) is 0.0321. The second kappa shape index (κ2) is 60.2. The number of hydrogen-bond acceptors (Lipinski definition) is 5. The number of rotatable bonds is 60. The van der Waals surface area contributed by atoms with Crippen LogP contribution in [0.4, 0.5) is 0 Å². The lowest BCUT2D eigenvalue weighted by Gasteiger charge is -2.22. The fourth-order valence-corrected chi connectivity index (χ4v) is 10.2. The Morgan fingerprint density at radius 1 is 0.386 bits per heavy atom. The van der Waals surface area contributed by atoms with Gasteiger partial charge in [0.15, 0.2) is 0 Å². The number of allylic oxidation sites excluding steroid dienone is 2. The third-order valence-corrected chi connectivity index (χ3v) is 15.1. The molecule has 0 heterocycles. The van der Waals surface area contributed by atoms with Gasteiger partial charge in [0.2, 0.25) is 5.91 Å². The molecule has 0 bridgehead atoms. The lowest BCUT2D eigenvalue weighted by atomic mass is 10.0. The summed E-state index contributed by atoms with van der Waals surface area (Å²) in [7, 11) is 0. The fraction of sp³-hybridized carbons (Fsp3) is 0.938. The standard InChI is InChI=1S/C64H125NO5/c1-3-5-7-9-11-13-15-17-19-20-21-22-23-24-25-26-29-32-36-40-44-48-52-56-62(67)61(60-66)65-63(68)57-53-49-45-41-37-33-30-27-31-35-39-43-47-51-55-59-70-64(69)58-54-50-46-42-38-34-28-18-16-14-12-10-8-6-4-2/h31,35,61-62,66-67H,3-30,32-34,36-60H2,1-2H3,(H,65,68)/b35-31-. The van der Waals surface area contributed by atoms with E-state index in [1.165, 1.54) is 257 Å². The minimum Gasteiger partial charge on any atom is -0.466 e. The number of carbonyl (C=O) groups is 2. The van der Waals surface area contributed by atoms with Crippen LogP contribution in [0.1, 0.15) is 361 Å². The number of unbranched alkanes of at least 4 members (excludes halogenated alkanes) is 47. The van der Waals surface area contributed by atoms with Gasteiger partial charge in [-0.2, -0.15) is 0 Å². The maximum absolute atomic E-state index is 12.5. The molecule has 0 fully saturated rings. The van der Waals surface area contributed by atoms with Gasteiger partial charge in [-0.15, -0.1) is 0 Å². The van der Waals surface area contributed by atoms with Gasteiger partial charge in [0, 0.05) is 12.8 Å². The number of aliphatic hydroxyl groups is 2. The zero-order valence-corrected chi connectivity index (χ0v) is 47.5. The van der Waals surface area contributed by atoms with Crippen molar-refractivity contribution in [3.63, 3.8) is 0 Å². The summed E-state index contributed by atoms with van der Waals surface area (Å²) >= 11 is 0. The largest absolute Gasteiger partial charge is 0.466 e. The number of nitrogens with one attached hydrogen (secondary N) is 1. The monoisotopic (exact) mass is 988 g/mol. The smallest absolute Gasteiger partial charge is 0.305 e. The van der Waals surface area contributed by atoms with Gasteiger partial charge in [-0.3, -0.25) is 9.59 Å². The molecule has 70 heavy (non-hydrogen) atoms. The number of carbonyl (C=O) groups excluding carboxylic acids is 2. The van der Waals surface area contributed by atoms with Gasteiger partial charge in [0.1, 0.15) is 0 Å². The van der Waals surface area contributed by atoms with Crippen LogP contribution in [0.2, 0.25) is 0 Å². The molecule has 1 amide bonds. The van der Waals surface area contributed by atoms with Crippen LogP contribution in [0.15, 0.2) is 12.2 Å². The third-order valence-electron chi connectivity index (χ3n) is 15.1. The SMILES string of the molecule is CCCCCCCCCCCCCCCCCCCCCCCCCC(O)C(CO)NC(=O)CCCCCCCCC/C=C\CCCCCCOC(=O)CCCCCCCCCCCCCCCCC. The molecule has 0 aliphatic rings. The normalized spacial score (nSPS) is 12.6. The summed E-state index contributed by atoms with van der Waals surface area (Å²) in [6.45, 7) is 4.95. The second-order valence-electron chi connectivity index (χ2n) is 22.1. The average Bonchev–Trinajstić information content (AvgIpc) is 3.36. The zero-order chi connectivity index (χ0) is 50.7. The fourth-order valence-electron chi connectivity index (χ4n) is 10.2. The maximum Gasteiger partial charge on any atom is 0.305 e. The Hall–Kier alpha value is -1.40. The number of amides is 1. The van der Waals surface area contributed by atoms with Crippen molar-refractivity contribution in [3.05, 3.63) is 12.2 Å². The van der Waals surface area contributed by atoms with Gasteiger partial charge in [-0.05, 0) is 51.4 Å². The van der Waals surface area contributed by atoms with Crippen LogP contribution in [0.5, 0.6) is 0 Å². The van der Waals surface area contributed by atoms with Crippen LogP contribution < -0.4 is 5.32 Å². The Morgan fingerprint density at radius 3 is 1.01 bits per heavy atom. The number of hydrogen-bond donors (Lipinski definition) is 3. The second-order valence-corrected chi connectivity index (χ2v) is 22.1. The van der Waals surface area contributed by atoms with Crippen LogP contribution in [0.3, 0.4) is 0 Å². The molecule has 0 radical (unpaired) electrons. The molecule has 0 aromatic heterocycles. The molecule has 3 N–H and O–H groups in total.